The highest BCUT2D eigenvalue weighted by Gasteiger charge is 2.13. The number of halogens is 1. The quantitative estimate of drug-likeness (QED) is 0.865. The Balaban J connectivity index is 2.59. The summed E-state index contributed by atoms with van der Waals surface area (Å²) in [7, 11) is 0. The molecular weight excluding hydrogens is 231 g/mol. The van der Waals surface area contributed by atoms with E-state index in [1.807, 2.05) is 0 Å². The number of amides is 1. The van der Waals surface area contributed by atoms with E-state index in [9.17, 15) is 9.18 Å². The Morgan fingerprint density at radius 1 is 1.39 bits per heavy atom. The summed E-state index contributed by atoms with van der Waals surface area (Å²) in [5.41, 5.74) is 6.54. The third-order valence-electron chi connectivity index (χ3n) is 2.65. The molecule has 3 nitrogen and oxygen atoms in total. The number of rotatable bonds is 4. The van der Waals surface area contributed by atoms with Crippen molar-refractivity contribution in [2.45, 2.75) is 40.2 Å². The first-order valence-electron chi connectivity index (χ1n) is 6.10. The van der Waals surface area contributed by atoms with Crippen LogP contribution >= 0.6 is 0 Å². The standard InChI is InChI=1S/C14H21FN2O/c1-14(2,3)7-6-13(18)17-11-4-5-12(15)10(8-11)9-16/h4-5,8H,6-7,9,16H2,1-3H3,(H,17,18). The number of carbonyl (C=O) groups is 1. The molecule has 1 amide bonds. The van der Waals surface area contributed by atoms with E-state index < -0.39 is 0 Å². The summed E-state index contributed by atoms with van der Waals surface area (Å²) in [4.78, 5) is 11.7. The average Bonchev–Trinajstić information content (AvgIpc) is 2.28. The van der Waals surface area contributed by atoms with Crippen molar-refractivity contribution >= 4 is 11.6 Å². The van der Waals surface area contributed by atoms with Crippen molar-refractivity contribution in [2.75, 3.05) is 5.32 Å². The van der Waals surface area contributed by atoms with Crippen LogP contribution in [-0.4, -0.2) is 5.91 Å². The maximum absolute atomic E-state index is 13.2. The lowest BCUT2D eigenvalue weighted by molar-refractivity contribution is -0.116. The first-order chi connectivity index (χ1) is 8.31. The SMILES string of the molecule is CC(C)(C)CCC(=O)Nc1ccc(F)c(CN)c1. The molecule has 100 valence electrons. The molecule has 0 bridgehead atoms. The molecule has 0 saturated carbocycles. The maximum atomic E-state index is 13.2. The van der Waals surface area contributed by atoms with E-state index in [1.165, 1.54) is 6.07 Å². The Labute approximate surface area is 108 Å². The smallest absolute Gasteiger partial charge is 0.224 e. The van der Waals surface area contributed by atoms with Crippen molar-refractivity contribution in [2.24, 2.45) is 11.1 Å². The van der Waals surface area contributed by atoms with Crippen LogP contribution in [0.2, 0.25) is 0 Å². The molecule has 0 unspecified atom stereocenters. The lowest BCUT2D eigenvalue weighted by Gasteiger charge is -2.17. The van der Waals surface area contributed by atoms with E-state index >= 15 is 0 Å². The van der Waals surface area contributed by atoms with Crippen molar-refractivity contribution in [1.29, 1.82) is 0 Å². The third-order valence-corrected chi connectivity index (χ3v) is 2.65. The fourth-order valence-corrected chi connectivity index (χ4v) is 1.52. The lowest BCUT2D eigenvalue weighted by Crippen LogP contribution is -2.15. The van der Waals surface area contributed by atoms with Crippen LogP contribution in [0.5, 0.6) is 0 Å². The Hall–Kier alpha value is -1.42. The van der Waals surface area contributed by atoms with E-state index in [0.29, 0.717) is 17.7 Å². The summed E-state index contributed by atoms with van der Waals surface area (Å²) < 4.78 is 13.2. The minimum atomic E-state index is -0.342. The first-order valence-corrected chi connectivity index (χ1v) is 6.10. The van der Waals surface area contributed by atoms with Gasteiger partial charge in [-0.2, -0.15) is 0 Å². The molecule has 0 fully saturated rings. The molecule has 1 aromatic carbocycles. The fourth-order valence-electron chi connectivity index (χ4n) is 1.52. The predicted octanol–water partition coefficient (Wildman–Crippen LogP) is 3.05. The molecule has 1 aromatic rings. The summed E-state index contributed by atoms with van der Waals surface area (Å²) in [5, 5.41) is 2.76. The zero-order valence-electron chi connectivity index (χ0n) is 11.2. The van der Waals surface area contributed by atoms with Gasteiger partial charge >= 0.3 is 0 Å². The van der Waals surface area contributed by atoms with Crippen LogP contribution in [0.25, 0.3) is 0 Å². The molecule has 0 heterocycles. The van der Waals surface area contributed by atoms with Gasteiger partial charge in [0.25, 0.3) is 0 Å². The van der Waals surface area contributed by atoms with Gasteiger partial charge in [-0.15, -0.1) is 0 Å². The highest BCUT2D eigenvalue weighted by Crippen LogP contribution is 2.21. The van der Waals surface area contributed by atoms with E-state index in [0.717, 1.165) is 6.42 Å². The van der Waals surface area contributed by atoms with Gasteiger partial charge in [-0.25, -0.2) is 4.39 Å². The van der Waals surface area contributed by atoms with Gasteiger partial charge in [0.1, 0.15) is 5.82 Å². The Morgan fingerprint density at radius 2 is 2.06 bits per heavy atom. The van der Waals surface area contributed by atoms with Gasteiger partial charge in [0, 0.05) is 24.2 Å². The molecule has 0 aliphatic rings. The highest BCUT2D eigenvalue weighted by atomic mass is 19.1. The van der Waals surface area contributed by atoms with Crippen molar-refractivity contribution in [3.63, 3.8) is 0 Å². The second-order valence-electron chi connectivity index (χ2n) is 5.62. The summed E-state index contributed by atoms with van der Waals surface area (Å²) in [6.45, 7) is 6.39. The third kappa shape index (κ3) is 4.84. The summed E-state index contributed by atoms with van der Waals surface area (Å²) in [6.07, 6.45) is 1.27. The van der Waals surface area contributed by atoms with Crippen LogP contribution < -0.4 is 11.1 Å². The Kier molecular flexibility index (Phi) is 4.84. The topological polar surface area (TPSA) is 55.1 Å². The van der Waals surface area contributed by atoms with E-state index in [-0.39, 0.29) is 23.7 Å². The number of benzene rings is 1. The number of anilines is 1. The number of hydrogen-bond acceptors (Lipinski definition) is 2. The zero-order chi connectivity index (χ0) is 13.8. The summed E-state index contributed by atoms with van der Waals surface area (Å²) in [6, 6.07) is 4.44. The maximum Gasteiger partial charge on any atom is 0.224 e. The number of nitrogens with one attached hydrogen (secondary N) is 1. The minimum Gasteiger partial charge on any atom is -0.326 e. The number of carbonyl (C=O) groups excluding carboxylic acids is 1. The van der Waals surface area contributed by atoms with Gasteiger partial charge in [-0.3, -0.25) is 4.79 Å². The largest absolute Gasteiger partial charge is 0.326 e. The van der Waals surface area contributed by atoms with Gasteiger partial charge < -0.3 is 11.1 Å². The minimum absolute atomic E-state index is 0.0560. The van der Waals surface area contributed by atoms with E-state index in [4.69, 9.17) is 5.73 Å². The lowest BCUT2D eigenvalue weighted by atomic mass is 9.90. The van der Waals surface area contributed by atoms with Crippen molar-refractivity contribution < 1.29 is 9.18 Å². The molecule has 0 aliphatic carbocycles. The van der Waals surface area contributed by atoms with Crippen LogP contribution in [0.15, 0.2) is 18.2 Å². The molecule has 1 rings (SSSR count). The summed E-state index contributed by atoms with van der Waals surface area (Å²) in [5.74, 6) is -0.398. The fraction of sp³-hybridized carbons (Fsp3) is 0.500. The molecule has 4 heteroatoms. The highest BCUT2D eigenvalue weighted by molar-refractivity contribution is 5.90. The van der Waals surface area contributed by atoms with E-state index in [2.05, 4.69) is 26.1 Å². The van der Waals surface area contributed by atoms with Crippen molar-refractivity contribution in [1.82, 2.24) is 0 Å². The van der Waals surface area contributed by atoms with E-state index in [1.54, 1.807) is 12.1 Å². The Morgan fingerprint density at radius 3 is 2.61 bits per heavy atom. The van der Waals surface area contributed by atoms with Crippen molar-refractivity contribution in [3.8, 4) is 0 Å². The second-order valence-corrected chi connectivity index (χ2v) is 5.62. The monoisotopic (exact) mass is 252 g/mol. The molecule has 0 atom stereocenters. The normalized spacial score (nSPS) is 11.4. The molecular formula is C14H21FN2O. The molecule has 18 heavy (non-hydrogen) atoms. The van der Waals surface area contributed by atoms with Crippen LogP contribution in [0.3, 0.4) is 0 Å². The molecule has 0 spiro atoms. The first kappa shape index (κ1) is 14.6. The molecule has 0 aromatic heterocycles. The van der Waals surface area contributed by atoms with Crippen LogP contribution in [0, 0.1) is 11.2 Å². The number of nitrogens with two attached hydrogens (primary N) is 1. The van der Waals surface area contributed by atoms with Gasteiger partial charge in [-0.1, -0.05) is 20.8 Å². The molecule has 0 saturated heterocycles. The zero-order valence-corrected chi connectivity index (χ0v) is 11.2. The van der Waals surface area contributed by atoms with Gasteiger partial charge in [0.2, 0.25) is 5.91 Å². The predicted molar refractivity (Wildman–Crippen MR) is 71.6 cm³/mol. The van der Waals surface area contributed by atoms with Crippen molar-refractivity contribution in [3.05, 3.63) is 29.6 Å². The van der Waals surface area contributed by atoms with Crippen LogP contribution in [-0.2, 0) is 11.3 Å². The van der Waals surface area contributed by atoms with Crippen LogP contribution in [0.1, 0.15) is 39.2 Å². The molecule has 0 radical (unpaired) electrons. The van der Waals surface area contributed by atoms with Crippen LogP contribution in [0.4, 0.5) is 10.1 Å². The summed E-state index contributed by atoms with van der Waals surface area (Å²) >= 11 is 0. The second kappa shape index (κ2) is 5.96. The average molecular weight is 252 g/mol. The molecule has 3 N–H and O–H groups in total. The number of hydrogen-bond donors (Lipinski definition) is 2. The van der Waals surface area contributed by atoms with Gasteiger partial charge in [0.05, 0.1) is 0 Å². The van der Waals surface area contributed by atoms with Gasteiger partial charge in [0.15, 0.2) is 0 Å². The van der Waals surface area contributed by atoms with Gasteiger partial charge in [-0.05, 0) is 30.0 Å². The Bertz CT molecular complexity index is 424. The molecule has 0 aliphatic heterocycles.